The predicted octanol–water partition coefficient (Wildman–Crippen LogP) is 1.19. The summed E-state index contributed by atoms with van der Waals surface area (Å²) in [5.41, 5.74) is 6.01. The van der Waals surface area contributed by atoms with Crippen LogP contribution in [0.15, 0.2) is 64.2 Å². The summed E-state index contributed by atoms with van der Waals surface area (Å²) < 4.78 is 6.54. The van der Waals surface area contributed by atoms with Crippen molar-refractivity contribution >= 4 is 29.0 Å². The molecule has 2 aromatic carbocycles. The Labute approximate surface area is 195 Å². The number of nitrogens with zero attached hydrogens (tertiary/aromatic N) is 3. The van der Waals surface area contributed by atoms with Crippen LogP contribution in [-0.2, 0) is 16.1 Å². The molecule has 2 heterocycles. The molecule has 0 spiro atoms. The molecular weight excluding hydrogens is 438 g/mol. The number of H-pyrrole nitrogens is 1. The van der Waals surface area contributed by atoms with Crippen molar-refractivity contribution in [1.82, 2.24) is 9.55 Å². The number of carbonyl (C=O) groups is 2. The number of hydrogen-bond acceptors (Lipinski definition) is 6. The lowest BCUT2D eigenvalue weighted by Crippen LogP contribution is -2.42. The lowest BCUT2D eigenvalue weighted by atomic mass is 10.1. The van der Waals surface area contributed by atoms with Crippen LogP contribution in [-0.4, -0.2) is 42.1 Å². The molecule has 0 saturated carbocycles. The van der Waals surface area contributed by atoms with Gasteiger partial charge >= 0.3 is 5.69 Å². The van der Waals surface area contributed by atoms with Gasteiger partial charge in [-0.3, -0.25) is 23.9 Å². The smallest absolute Gasteiger partial charge is 0.330 e. The Morgan fingerprint density at radius 2 is 1.79 bits per heavy atom. The van der Waals surface area contributed by atoms with Crippen molar-refractivity contribution in [3.05, 3.63) is 81.0 Å². The van der Waals surface area contributed by atoms with Gasteiger partial charge in [-0.15, -0.1) is 0 Å². The average Bonchev–Trinajstić information content (AvgIpc) is 3.23. The fourth-order valence-electron chi connectivity index (χ4n) is 4.17. The van der Waals surface area contributed by atoms with Crippen molar-refractivity contribution in [2.75, 3.05) is 36.2 Å². The Morgan fingerprint density at radius 3 is 2.50 bits per heavy atom. The highest BCUT2D eigenvalue weighted by molar-refractivity contribution is 6.05. The molecule has 10 heteroatoms. The van der Waals surface area contributed by atoms with E-state index in [1.54, 1.807) is 24.3 Å². The van der Waals surface area contributed by atoms with E-state index in [0.29, 0.717) is 11.4 Å². The van der Waals surface area contributed by atoms with Gasteiger partial charge in [-0.2, -0.15) is 0 Å². The summed E-state index contributed by atoms with van der Waals surface area (Å²) >= 11 is 0. The SMILES string of the molecule is COc1ccccc1N1CC(C(=O)N(C)c2c(N)n(Cc3ccccc3)c(=O)[nH]c2=O)CC1=O. The third kappa shape index (κ3) is 4.17. The van der Waals surface area contributed by atoms with E-state index in [4.69, 9.17) is 10.5 Å². The van der Waals surface area contributed by atoms with Gasteiger partial charge in [-0.05, 0) is 17.7 Å². The summed E-state index contributed by atoms with van der Waals surface area (Å²) in [7, 11) is 2.92. The molecule has 1 aliphatic rings. The maximum atomic E-state index is 13.3. The summed E-state index contributed by atoms with van der Waals surface area (Å²) in [6.45, 7) is 0.255. The normalized spacial score (nSPS) is 15.4. The summed E-state index contributed by atoms with van der Waals surface area (Å²) in [4.78, 5) is 55.9. The number of anilines is 3. The predicted molar refractivity (Wildman–Crippen MR) is 128 cm³/mol. The van der Waals surface area contributed by atoms with E-state index < -0.39 is 23.1 Å². The number of rotatable bonds is 6. The minimum absolute atomic E-state index is 0.0251. The maximum absolute atomic E-state index is 13.3. The van der Waals surface area contributed by atoms with Gasteiger partial charge in [0.25, 0.3) is 5.56 Å². The zero-order valence-electron chi connectivity index (χ0n) is 18.9. The van der Waals surface area contributed by atoms with Gasteiger partial charge in [0.05, 0.1) is 25.3 Å². The lowest BCUT2D eigenvalue weighted by Gasteiger charge is -2.23. The van der Waals surface area contributed by atoms with Crippen molar-refractivity contribution in [2.45, 2.75) is 13.0 Å². The van der Waals surface area contributed by atoms with Crippen LogP contribution in [0.4, 0.5) is 17.2 Å². The van der Waals surface area contributed by atoms with Gasteiger partial charge < -0.3 is 20.3 Å². The Kier molecular flexibility index (Phi) is 6.22. The highest BCUT2D eigenvalue weighted by Gasteiger charge is 2.38. The first kappa shape index (κ1) is 22.8. The molecule has 176 valence electrons. The van der Waals surface area contributed by atoms with Gasteiger partial charge in [0.15, 0.2) is 5.69 Å². The van der Waals surface area contributed by atoms with Gasteiger partial charge in [-0.25, -0.2) is 4.79 Å². The largest absolute Gasteiger partial charge is 0.495 e. The molecule has 0 radical (unpaired) electrons. The van der Waals surface area contributed by atoms with E-state index >= 15 is 0 Å². The van der Waals surface area contributed by atoms with Gasteiger partial charge in [0.2, 0.25) is 11.8 Å². The molecule has 3 N–H and O–H groups in total. The molecular formula is C24H25N5O5. The fraction of sp³-hybridized carbons (Fsp3) is 0.250. The van der Waals surface area contributed by atoms with Crippen LogP contribution in [0.3, 0.4) is 0 Å². The first-order chi connectivity index (χ1) is 16.3. The molecule has 1 saturated heterocycles. The quantitative estimate of drug-likeness (QED) is 0.565. The van der Waals surface area contributed by atoms with E-state index in [1.807, 2.05) is 30.3 Å². The number of methoxy groups -OCH3 is 1. The van der Waals surface area contributed by atoms with Crippen LogP contribution in [0.5, 0.6) is 5.75 Å². The van der Waals surface area contributed by atoms with E-state index in [9.17, 15) is 19.2 Å². The number of nitrogens with two attached hydrogens (primary N) is 1. The summed E-state index contributed by atoms with van der Waals surface area (Å²) in [5, 5.41) is 0. The van der Waals surface area contributed by atoms with E-state index in [1.165, 1.54) is 23.6 Å². The number of amides is 2. The average molecular weight is 463 g/mol. The molecule has 1 aliphatic heterocycles. The summed E-state index contributed by atoms with van der Waals surface area (Å²) in [5.74, 6) is -0.985. The second kappa shape index (κ2) is 9.26. The number of para-hydroxylation sites is 2. The van der Waals surface area contributed by atoms with Gasteiger partial charge in [0, 0.05) is 20.0 Å². The number of benzene rings is 2. The molecule has 2 amide bonds. The zero-order chi connectivity index (χ0) is 24.4. The molecule has 1 atom stereocenters. The number of carbonyl (C=O) groups excluding carboxylic acids is 2. The van der Waals surface area contributed by atoms with Crippen molar-refractivity contribution in [1.29, 1.82) is 0 Å². The second-order valence-electron chi connectivity index (χ2n) is 8.04. The molecule has 1 aromatic heterocycles. The number of hydrogen-bond donors (Lipinski definition) is 2. The third-order valence-corrected chi connectivity index (χ3v) is 5.91. The number of aromatic amines is 1. The third-order valence-electron chi connectivity index (χ3n) is 5.91. The first-order valence-corrected chi connectivity index (χ1v) is 10.7. The molecule has 34 heavy (non-hydrogen) atoms. The minimum atomic E-state index is -0.770. The van der Waals surface area contributed by atoms with E-state index in [2.05, 4.69) is 4.98 Å². The lowest BCUT2D eigenvalue weighted by molar-refractivity contribution is -0.124. The first-order valence-electron chi connectivity index (χ1n) is 10.7. The Balaban J connectivity index is 1.62. The fourth-order valence-corrected chi connectivity index (χ4v) is 4.17. The number of aromatic nitrogens is 2. The van der Waals surface area contributed by atoms with Crippen LogP contribution < -0.4 is 31.5 Å². The minimum Gasteiger partial charge on any atom is -0.495 e. The number of nitrogen functional groups attached to an aromatic ring is 1. The monoisotopic (exact) mass is 463 g/mol. The summed E-state index contributed by atoms with van der Waals surface area (Å²) in [6.07, 6.45) is -0.0251. The standard InChI is InChI=1S/C24H25N5O5/c1-27(20-21(25)29(24(33)26-22(20)31)13-15-8-4-3-5-9-15)23(32)16-12-19(30)28(14-16)17-10-6-7-11-18(17)34-2/h3-11,16H,12-14,25H2,1-2H3,(H,26,31,33). The molecule has 0 aliphatic carbocycles. The maximum Gasteiger partial charge on any atom is 0.330 e. The van der Waals surface area contributed by atoms with Crippen LogP contribution in [0.2, 0.25) is 0 Å². The van der Waals surface area contributed by atoms with Gasteiger partial charge in [0.1, 0.15) is 11.6 Å². The summed E-state index contributed by atoms with van der Waals surface area (Å²) in [6, 6.07) is 16.2. The molecule has 1 unspecified atom stereocenters. The highest BCUT2D eigenvalue weighted by atomic mass is 16.5. The molecule has 10 nitrogen and oxygen atoms in total. The van der Waals surface area contributed by atoms with Crippen LogP contribution in [0.1, 0.15) is 12.0 Å². The Bertz CT molecular complexity index is 1350. The highest BCUT2D eigenvalue weighted by Crippen LogP contribution is 2.33. The van der Waals surface area contributed by atoms with Crippen LogP contribution in [0, 0.1) is 5.92 Å². The topological polar surface area (TPSA) is 131 Å². The Morgan fingerprint density at radius 1 is 1.12 bits per heavy atom. The molecule has 0 bridgehead atoms. The zero-order valence-corrected chi connectivity index (χ0v) is 18.9. The van der Waals surface area contributed by atoms with Crippen LogP contribution in [0.25, 0.3) is 0 Å². The van der Waals surface area contributed by atoms with Crippen LogP contribution >= 0.6 is 0 Å². The van der Waals surface area contributed by atoms with Gasteiger partial charge in [-0.1, -0.05) is 42.5 Å². The molecule has 4 rings (SSSR count). The van der Waals surface area contributed by atoms with Crippen molar-refractivity contribution in [2.24, 2.45) is 5.92 Å². The molecule has 3 aromatic rings. The number of nitrogens with one attached hydrogen (secondary N) is 1. The van der Waals surface area contributed by atoms with Crippen molar-refractivity contribution in [3.8, 4) is 5.75 Å². The Hall–Kier alpha value is -4.34. The number of ether oxygens (including phenoxy) is 1. The van der Waals surface area contributed by atoms with E-state index in [0.717, 1.165) is 10.5 Å². The molecule has 1 fully saturated rings. The van der Waals surface area contributed by atoms with E-state index in [-0.39, 0.29) is 36.9 Å². The second-order valence-corrected chi connectivity index (χ2v) is 8.04. The van der Waals surface area contributed by atoms with Crippen molar-refractivity contribution < 1.29 is 14.3 Å². The van der Waals surface area contributed by atoms with Crippen molar-refractivity contribution in [3.63, 3.8) is 0 Å².